The molecule has 4 nitrogen and oxygen atoms in total. The quantitative estimate of drug-likeness (QED) is 0.366. The minimum atomic E-state index is 0.122. The van der Waals surface area contributed by atoms with Gasteiger partial charge in [0, 0.05) is 29.8 Å². The minimum Gasteiger partial charge on any atom is -0.493 e. The summed E-state index contributed by atoms with van der Waals surface area (Å²) in [4.78, 5) is 2.38. The predicted molar refractivity (Wildman–Crippen MR) is 144 cm³/mol. The van der Waals surface area contributed by atoms with Gasteiger partial charge in [0.1, 0.15) is 5.75 Å². The number of rotatable bonds is 8. The van der Waals surface area contributed by atoms with E-state index in [1.54, 1.807) is 0 Å². The number of aliphatic hydroxyl groups excluding tert-OH is 1. The van der Waals surface area contributed by atoms with Crippen LogP contribution in [0.1, 0.15) is 35.1 Å². The van der Waals surface area contributed by atoms with Crippen LogP contribution in [0.25, 0.3) is 11.1 Å². The lowest BCUT2D eigenvalue weighted by Gasteiger charge is -2.29. The summed E-state index contributed by atoms with van der Waals surface area (Å²) in [6.45, 7) is 6.48. The second kappa shape index (κ2) is 12.6. The molecule has 4 heteroatoms. The largest absolute Gasteiger partial charge is 0.493 e. The molecule has 182 valence electrons. The van der Waals surface area contributed by atoms with E-state index >= 15 is 0 Å². The van der Waals surface area contributed by atoms with Crippen LogP contribution in [-0.4, -0.2) is 49.9 Å². The molecule has 0 bridgehead atoms. The van der Waals surface area contributed by atoms with Gasteiger partial charge in [0.2, 0.25) is 0 Å². The molecule has 0 atom stereocenters. The Bertz CT molecular complexity index is 1160. The molecule has 1 fully saturated rings. The molecule has 0 amide bonds. The van der Waals surface area contributed by atoms with Crippen LogP contribution in [0.3, 0.4) is 0 Å². The average Bonchev–Trinajstić information content (AvgIpc) is 2.89. The molecule has 0 aromatic heterocycles. The molecular weight excluding hydrogens is 432 g/mol. The fourth-order valence-electron chi connectivity index (χ4n) is 4.49. The third-order valence-electron chi connectivity index (χ3n) is 6.74. The number of piperidine rings is 1. The summed E-state index contributed by atoms with van der Waals surface area (Å²) in [5, 5.41) is 12.4. The summed E-state index contributed by atoms with van der Waals surface area (Å²) in [6, 6.07) is 23.0. The predicted octanol–water partition coefficient (Wildman–Crippen LogP) is 4.86. The summed E-state index contributed by atoms with van der Waals surface area (Å²) in [5.41, 5.74) is 6.68. The van der Waals surface area contributed by atoms with Gasteiger partial charge in [-0.2, -0.15) is 0 Å². The first-order valence-electron chi connectivity index (χ1n) is 12.6. The number of hydrogen-bond acceptors (Lipinski definition) is 4. The van der Waals surface area contributed by atoms with E-state index in [-0.39, 0.29) is 6.61 Å². The van der Waals surface area contributed by atoms with Crippen molar-refractivity contribution in [2.75, 3.05) is 39.9 Å². The highest BCUT2D eigenvalue weighted by molar-refractivity contribution is 5.70. The molecule has 2 N–H and O–H groups in total. The molecule has 3 aromatic carbocycles. The number of benzene rings is 3. The van der Waals surface area contributed by atoms with Crippen molar-refractivity contribution in [1.82, 2.24) is 10.2 Å². The smallest absolute Gasteiger partial charge is 0.125 e. The van der Waals surface area contributed by atoms with Gasteiger partial charge in [-0.25, -0.2) is 0 Å². The normalized spacial score (nSPS) is 14.4. The fraction of sp³-hybridized carbons (Fsp3) is 0.355. The molecule has 0 spiro atoms. The van der Waals surface area contributed by atoms with Crippen molar-refractivity contribution in [3.8, 4) is 28.7 Å². The Morgan fingerprint density at radius 1 is 1.00 bits per heavy atom. The van der Waals surface area contributed by atoms with Crippen molar-refractivity contribution in [1.29, 1.82) is 0 Å². The lowest BCUT2D eigenvalue weighted by molar-refractivity contribution is 0.159. The van der Waals surface area contributed by atoms with Crippen LogP contribution in [0.4, 0.5) is 0 Å². The third kappa shape index (κ3) is 6.96. The zero-order valence-corrected chi connectivity index (χ0v) is 20.9. The maximum atomic E-state index is 9.13. The lowest BCUT2D eigenvalue weighted by Crippen LogP contribution is -2.32. The van der Waals surface area contributed by atoms with Crippen molar-refractivity contribution >= 4 is 0 Å². The number of hydrogen-bond donors (Lipinski definition) is 2. The lowest BCUT2D eigenvalue weighted by atomic mass is 9.96. The van der Waals surface area contributed by atoms with Crippen LogP contribution in [0.2, 0.25) is 0 Å². The van der Waals surface area contributed by atoms with Gasteiger partial charge in [0.15, 0.2) is 0 Å². The molecule has 4 rings (SSSR count). The van der Waals surface area contributed by atoms with E-state index < -0.39 is 0 Å². The Morgan fingerprint density at radius 3 is 2.57 bits per heavy atom. The molecule has 3 aromatic rings. The Morgan fingerprint density at radius 2 is 1.80 bits per heavy atom. The Labute approximate surface area is 210 Å². The topological polar surface area (TPSA) is 44.7 Å². The highest BCUT2D eigenvalue weighted by atomic mass is 16.5. The summed E-state index contributed by atoms with van der Waals surface area (Å²) in [6.07, 6.45) is 2.34. The van der Waals surface area contributed by atoms with Crippen LogP contribution in [-0.2, 0) is 6.54 Å². The van der Waals surface area contributed by atoms with Crippen LogP contribution in [0.15, 0.2) is 66.7 Å². The summed E-state index contributed by atoms with van der Waals surface area (Å²) < 4.78 is 6.35. The second-order valence-electron chi connectivity index (χ2n) is 9.37. The van der Waals surface area contributed by atoms with E-state index in [0.717, 1.165) is 42.1 Å². The molecule has 0 aliphatic carbocycles. The van der Waals surface area contributed by atoms with Crippen LogP contribution >= 0.6 is 0 Å². The van der Waals surface area contributed by atoms with E-state index in [0.29, 0.717) is 19.0 Å². The van der Waals surface area contributed by atoms with E-state index in [1.807, 2.05) is 6.07 Å². The number of nitrogens with zero attached hydrogens (tertiary/aromatic N) is 1. The van der Waals surface area contributed by atoms with Gasteiger partial charge in [0.05, 0.1) is 13.2 Å². The Balaban J connectivity index is 1.54. The molecule has 0 saturated carbocycles. The van der Waals surface area contributed by atoms with Crippen LogP contribution in [0, 0.1) is 24.7 Å². The van der Waals surface area contributed by atoms with Gasteiger partial charge in [-0.1, -0.05) is 60.4 Å². The van der Waals surface area contributed by atoms with Crippen molar-refractivity contribution < 1.29 is 9.84 Å². The molecule has 1 aliphatic heterocycles. The summed E-state index contributed by atoms with van der Waals surface area (Å²) in [5.74, 6) is 8.22. The van der Waals surface area contributed by atoms with Crippen molar-refractivity contribution in [3.63, 3.8) is 0 Å². The maximum absolute atomic E-state index is 9.13. The molecule has 1 saturated heterocycles. The maximum Gasteiger partial charge on any atom is 0.125 e. The fourth-order valence-corrected chi connectivity index (χ4v) is 4.49. The monoisotopic (exact) mass is 468 g/mol. The summed E-state index contributed by atoms with van der Waals surface area (Å²) in [7, 11) is 2.18. The van der Waals surface area contributed by atoms with E-state index in [2.05, 4.69) is 96.7 Å². The minimum absolute atomic E-state index is 0.122. The first kappa shape index (κ1) is 25.0. The molecule has 1 aliphatic rings. The van der Waals surface area contributed by atoms with E-state index in [1.165, 1.54) is 29.5 Å². The van der Waals surface area contributed by atoms with Crippen molar-refractivity contribution in [3.05, 3.63) is 89.0 Å². The Kier molecular flexibility index (Phi) is 8.97. The number of aliphatic hydroxyl groups is 1. The number of nitrogens with one attached hydrogen (secondary N) is 1. The highest BCUT2D eigenvalue weighted by Crippen LogP contribution is 2.26. The zero-order valence-electron chi connectivity index (χ0n) is 20.9. The first-order valence-corrected chi connectivity index (χ1v) is 12.6. The average molecular weight is 469 g/mol. The standard InChI is InChI=1S/C31H36N2O2/c1-24-27(9-6-10-30(24)28-7-4-3-5-8-28)13-11-25-12-14-29(22-32-17-20-34)31(21-25)35-23-26-15-18-33(2)19-16-26/h3-10,12,14,21,26,32,34H,15-20,22-23H2,1-2H3. The van der Waals surface area contributed by atoms with E-state index in [9.17, 15) is 0 Å². The Hall–Kier alpha value is -3.10. The second-order valence-corrected chi connectivity index (χ2v) is 9.37. The molecule has 35 heavy (non-hydrogen) atoms. The van der Waals surface area contributed by atoms with Gasteiger partial charge >= 0.3 is 0 Å². The van der Waals surface area contributed by atoms with Gasteiger partial charge in [-0.3, -0.25) is 0 Å². The van der Waals surface area contributed by atoms with Crippen molar-refractivity contribution in [2.45, 2.75) is 26.3 Å². The van der Waals surface area contributed by atoms with Gasteiger partial charge in [-0.05, 0) is 80.7 Å². The number of ether oxygens (including phenoxy) is 1. The highest BCUT2D eigenvalue weighted by Gasteiger charge is 2.18. The summed E-state index contributed by atoms with van der Waals surface area (Å²) >= 11 is 0. The third-order valence-corrected chi connectivity index (χ3v) is 6.74. The van der Waals surface area contributed by atoms with Gasteiger partial charge in [-0.15, -0.1) is 0 Å². The molecule has 0 radical (unpaired) electrons. The van der Waals surface area contributed by atoms with Crippen molar-refractivity contribution in [2.24, 2.45) is 5.92 Å². The number of likely N-dealkylation sites (tertiary alicyclic amines) is 1. The van der Waals surface area contributed by atoms with Crippen LogP contribution in [0.5, 0.6) is 5.75 Å². The van der Waals surface area contributed by atoms with Gasteiger partial charge < -0.3 is 20.1 Å². The van der Waals surface area contributed by atoms with Gasteiger partial charge in [0.25, 0.3) is 0 Å². The first-order chi connectivity index (χ1) is 17.1. The molecular formula is C31H36N2O2. The molecule has 1 heterocycles. The van der Waals surface area contributed by atoms with Crippen LogP contribution < -0.4 is 10.1 Å². The molecule has 0 unspecified atom stereocenters. The van der Waals surface area contributed by atoms with E-state index in [4.69, 9.17) is 9.84 Å². The zero-order chi connectivity index (χ0) is 24.5. The SMILES string of the molecule is Cc1c(C#Cc2ccc(CNCCO)c(OCC3CCN(C)CC3)c2)cccc1-c1ccccc1.